The number of hydrogen-bond acceptors (Lipinski definition) is 4. The summed E-state index contributed by atoms with van der Waals surface area (Å²) in [5.74, 6) is 0.109. The Hall–Kier alpha value is -2.05. The van der Waals surface area contributed by atoms with E-state index in [-0.39, 0.29) is 18.3 Å². The van der Waals surface area contributed by atoms with Crippen molar-refractivity contribution in [1.29, 1.82) is 0 Å². The highest BCUT2D eigenvalue weighted by molar-refractivity contribution is 5.95. The molecular formula is C15H20ClN5O. The summed E-state index contributed by atoms with van der Waals surface area (Å²) in [5.41, 5.74) is 8.55. The molecule has 1 fully saturated rings. The first kappa shape index (κ1) is 16.3. The van der Waals surface area contributed by atoms with E-state index in [1.165, 1.54) is 0 Å². The molecule has 3 rings (SSSR count). The average Bonchev–Trinajstić information content (AvgIpc) is 2.85. The van der Waals surface area contributed by atoms with Crippen LogP contribution in [0.3, 0.4) is 0 Å². The normalized spacial score (nSPS) is 15.7. The minimum atomic E-state index is 0. The van der Waals surface area contributed by atoms with Crippen LogP contribution in [0.2, 0.25) is 0 Å². The Kier molecular flexibility index (Phi) is 5.05. The predicted octanol–water partition coefficient (Wildman–Crippen LogP) is 1.27. The molecule has 0 radical (unpaired) electrons. The van der Waals surface area contributed by atoms with Crippen molar-refractivity contribution in [2.75, 3.05) is 30.3 Å². The fourth-order valence-corrected chi connectivity index (χ4v) is 2.63. The lowest BCUT2D eigenvalue weighted by molar-refractivity contribution is -0.121. The lowest BCUT2D eigenvalue weighted by atomic mass is 10.1. The lowest BCUT2D eigenvalue weighted by Crippen LogP contribution is -2.50. The second-order valence-electron chi connectivity index (χ2n) is 5.37. The summed E-state index contributed by atoms with van der Waals surface area (Å²) in [6.45, 7) is 2.70. The van der Waals surface area contributed by atoms with Crippen LogP contribution in [0.5, 0.6) is 0 Å². The number of rotatable bonds is 3. The smallest absolute Gasteiger partial charge is 0.241 e. The number of nitrogen functional groups attached to an aromatic ring is 1. The molecule has 1 aliphatic heterocycles. The van der Waals surface area contributed by atoms with E-state index in [9.17, 15) is 4.79 Å². The molecule has 1 amide bonds. The molecule has 0 atom stereocenters. The van der Waals surface area contributed by atoms with Crippen LogP contribution < -0.4 is 10.6 Å². The SMILES string of the molecule is Cl.Cn1cc(N2CCN(Cc3cccc(N)c3)CC2=O)cn1. The number of nitrogens with zero attached hydrogens (tertiary/aromatic N) is 4. The molecule has 1 aromatic heterocycles. The van der Waals surface area contributed by atoms with E-state index in [4.69, 9.17) is 5.73 Å². The third-order valence-electron chi connectivity index (χ3n) is 3.66. The number of amides is 1. The summed E-state index contributed by atoms with van der Waals surface area (Å²) in [4.78, 5) is 16.2. The number of halogens is 1. The van der Waals surface area contributed by atoms with Gasteiger partial charge in [-0.05, 0) is 17.7 Å². The van der Waals surface area contributed by atoms with Crippen molar-refractivity contribution in [2.24, 2.45) is 7.05 Å². The number of aryl methyl sites for hydroxylation is 1. The van der Waals surface area contributed by atoms with Gasteiger partial charge in [0.25, 0.3) is 0 Å². The van der Waals surface area contributed by atoms with Gasteiger partial charge in [-0.2, -0.15) is 5.10 Å². The number of carbonyl (C=O) groups is 1. The van der Waals surface area contributed by atoms with Gasteiger partial charge in [-0.25, -0.2) is 0 Å². The number of anilines is 2. The largest absolute Gasteiger partial charge is 0.399 e. The Balaban J connectivity index is 0.00000176. The Morgan fingerprint density at radius 1 is 1.32 bits per heavy atom. The van der Waals surface area contributed by atoms with E-state index in [0.29, 0.717) is 13.1 Å². The van der Waals surface area contributed by atoms with Gasteiger partial charge in [0.15, 0.2) is 0 Å². The minimum absolute atomic E-state index is 0. The molecule has 2 heterocycles. The maximum atomic E-state index is 12.3. The van der Waals surface area contributed by atoms with Gasteiger partial charge in [-0.3, -0.25) is 14.4 Å². The van der Waals surface area contributed by atoms with Crippen molar-refractivity contribution in [3.63, 3.8) is 0 Å². The van der Waals surface area contributed by atoms with Crippen molar-refractivity contribution in [2.45, 2.75) is 6.54 Å². The van der Waals surface area contributed by atoms with Gasteiger partial charge < -0.3 is 10.6 Å². The Bertz CT molecular complexity index is 657. The van der Waals surface area contributed by atoms with E-state index >= 15 is 0 Å². The molecule has 2 aromatic rings. The highest BCUT2D eigenvalue weighted by Crippen LogP contribution is 2.17. The van der Waals surface area contributed by atoms with E-state index in [1.54, 1.807) is 15.8 Å². The highest BCUT2D eigenvalue weighted by Gasteiger charge is 2.25. The van der Waals surface area contributed by atoms with E-state index in [2.05, 4.69) is 10.00 Å². The van der Waals surface area contributed by atoms with Crippen LogP contribution in [0.1, 0.15) is 5.56 Å². The number of aromatic nitrogens is 2. The molecule has 1 aromatic carbocycles. The monoisotopic (exact) mass is 321 g/mol. The molecule has 6 nitrogen and oxygen atoms in total. The van der Waals surface area contributed by atoms with Crippen molar-refractivity contribution < 1.29 is 4.79 Å². The first-order chi connectivity index (χ1) is 10.1. The summed E-state index contributed by atoms with van der Waals surface area (Å²) in [6, 6.07) is 7.81. The van der Waals surface area contributed by atoms with Crippen LogP contribution in [0.15, 0.2) is 36.7 Å². The van der Waals surface area contributed by atoms with Gasteiger partial charge in [0, 0.05) is 38.6 Å². The van der Waals surface area contributed by atoms with Crippen LogP contribution in [0.25, 0.3) is 0 Å². The van der Waals surface area contributed by atoms with E-state index in [1.807, 2.05) is 37.5 Å². The zero-order chi connectivity index (χ0) is 14.8. The minimum Gasteiger partial charge on any atom is -0.399 e. The van der Waals surface area contributed by atoms with Crippen LogP contribution in [0.4, 0.5) is 11.4 Å². The molecule has 0 bridgehead atoms. The van der Waals surface area contributed by atoms with E-state index < -0.39 is 0 Å². The highest BCUT2D eigenvalue weighted by atomic mass is 35.5. The summed E-state index contributed by atoms with van der Waals surface area (Å²) in [7, 11) is 1.85. The fourth-order valence-electron chi connectivity index (χ4n) is 2.63. The predicted molar refractivity (Wildman–Crippen MR) is 88.9 cm³/mol. The zero-order valence-electron chi connectivity index (χ0n) is 12.5. The maximum absolute atomic E-state index is 12.3. The van der Waals surface area contributed by atoms with Gasteiger partial charge in [0.1, 0.15) is 0 Å². The molecule has 118 valence electrons. The number of hydrogen-bond donors (Lipinski definition) is 1. The number of benzene rings is 1. The number of piperazine rings is 1. The first-order valence-electron chi connectivity index (χ1n) is 6.97. The summed E-state index contributed by atoms with van der Waals surface area (Å²) in [6.07, 6.45) is 3.59. The van der Waals surface area contributed by atoms with Gasteiger partial charge in [0.05, 0.1) is 18.4 Å². The molecule has 0 aliphatic carbocycles. The van der Waals surface area contributed by atoms with Gasteiger partial charge in [-0.15, -0.1) is 12.4 Å². The summed E-state index contributed by atoms with van der Waals surface area (Å²) >= 11 is 0. The zero-order valence-corrected chi connectivity index (χ0v) is 13.3. The first-order valence-corrected chi connectivity index (χ1v) is 6.97. The molecule has 22 heavy (non-hydrogen) atoms. The molecule has 2 N–H and O–H groups in total. The topological polar surface area (TPSA) is 67.4 Å². The molecule has 0 saturated carbocycles. The van der Waals surface area contributed by atoms with Crippen molar-refractivity contribution >= 4 is 29.7 Å². The Morgan fingerprint density at radius 2 is 2.14 bits per heavy atom. The second-order valence-corrected chi connectivity index (χ2v) is 5.37. The Morgan fingerprint density at radius 3 is 2.77 bits per heavy atom. The Labute approximate surface area is 135 Å². The van der Waals surface area contributed by atoms with Crippen LogP contribution >= 0.6 is 12.4 Å². The van der Waals surface area contributed by atoms with Crippen molar-refractivity contribution in [3.8, 4) is 0 Å². The molecular weight excluding hydrogens is 302 g/mol. The summed E-state index contributed by atoms with van der Waals surface area (Å²) in [5, 5.41) is 4.12. The molecule has 0 spiro atoms. The molecule has 1 aliphatic rings. The molecule has 7 heteroatoms. The quantitative estimate of drug-likeness (QED) is 0.865. The van der Waals surface area contributed by atoms with Gasteiger partial charge in [0.2, 0.25) is 5.91 Å². The third kappa shape index (κ3) is 3.58. The number of carbonyl (C=O) groups excluding carboxylic acids is 1. The van der Waals surface area contributed by atoms with Gasteiger partial charge in [-0.1, -0.05) is 12.1 Å². The van der Waals surface area contributed by atoms with Crippen LogP contribution in [-0.2, 0) is 18.4 Å². The van der Waals surface area contributed by atoms with Gasteiger partial charge >= 0.3 is 0 Å². The molecule has 0 unspecified atom stereocenters. The van der Waals surface area contributed by atoms with Crippen molar-refractivity contribution in [1.82, 2.24) is 14.7 Å². The summed E-state index contributed by atoms with van der Waals surface area (Å²) < 4.78 is 1.71. The average molecular weight is 322 g/mol. The molecule has 1 saturated heterocycles. The second kappa shape index (κ2) is 6.81. The van der Waals surface area contributed by atoms with Crippen molar-refractivity contribution in [3.05, 3.63) is 42.2 Å². The number of nitrogens with two attached hydrogens (primary N) is 1. The third-order valence-corrected chi connectivity index (χ3v) is 3.66. The van der Waals surface area contributed by atoms with Crippen LogP contribution in [-0.4, -0.2) is 40.2 Å². The van der Waals surface area contributed by atoms with Crippen LogP contribution in [0, 0.1) is 0 Å². The van der Waals surface area contributed by atoms with E-state index in [0.717, 1.165) is 30.0 Å². The lowest BCUT2D eigenvalue weighted by Gasteiger charge is -2.33. The standard InChI is InChI=1S/C15H19N5O.ClH/c1-18-10-14(8-17-18)20-6-5-19(11-15(20)21)9-12-3-2-4-13(16)7-12;/h2-4,7-8,10H,5-6,9,11,16H2,1H3;1H. The fraction of sp³-hybridized carbons (Fsp3) is 0.333. The maximum Gasteiger partial charge on any atom is 0.241 e.